The number of sulfonamides is 1. The zero-order valence-corrected chi connectivity index (χ0v) is 14.9. The molecule has 0 radical (unpaired) electrons. The first-order chi connectivity index (χ1) is 12.6. The number of nitrogens with one attached hydrogen (secondary N) is 1. The molecule has 1 atom stereocenters. The molecule has 0 saturated heterocycles. The number of nitriles is 1. The molecule has 0 amide bonds. The molecular formula is C21H18N2O2S. The molecule has 1 N–H and O–H groups in total. The van der Waals surface area contributed by atoms with E-state index in [4.69, 9.17) is 5.26 Å². The van der Waals surface area contributed by atoms with Crippen molar-refractivity contribution >= 4 is 10.0 Å². The average Bonchev–Trinajstić information content (AvgIpc) is 2.69. The van der Waals surface area contributed by atoms with Crippen LogP contribution in [0.15, 0.2) is 89.8 Å². The fourth-order valence-corrected chi connectivity index (χ4v) is 4.02. The monoisotopic (exact) mass is 362 g/mol. The van der Waals surface area contributed by atoms with Crippen LogP contribution in [-0.4, -0.2) is 8.42 Å². The van der Waals surface area contributed by atoms with Crippen LogP contribution in [0, 0.1) is 11.3 Å². The van der Waals surface area contributed by atoms with Crippen molar-refractivity contribution in [2.24, 2.45) is 0 Å². The summed E-state index contributed by atoms with van der Waals surface area (Å²) in [5.41, 5.74) is 2.23. The lowest BCUT2D eigenvalue weighted by Crippen LogP contribution is -2.30. The van der Waals surface area contributed by atoms with E-state index in [9.17, 15) is 8.42 Å². The molecule has 0 saturated carbocycles. The van der Waals surface area contributed by atoms with Crippen LogP contribution in [0.25, 0.3) is 0 Å². The smallest absolute Gasteiger partial charge is 0.207 e. The van der Waals surface area contributed by atoms with E-state index < -0.39 is 16.1 Å². The summed E-state index contributed by atoms with van der Waals surface area (Å²) in [5, 5.41) is 9.02. The molecular weight excluding hydrogens is 344 g/mol. The lowest BCUT2D eigenvalue weighted by Gasteiger charge is -2.19. The van der Waals surface area contributed by atoms with Crippen LogP contribution in [0.2, 0.25) is 0 Å². The molecule has 0 bridgehead atoms. The molecule has 3 rings (SSSR count). The normalized spacial score (nSPS) is 12.3. The minimum atomic E-state index is -3.76. The summed E-state index contributed by atoms with van der Waals surface area (Å²) in [7, 11) is -3.76. The number of hydrogen-bond donors (Lipinski definition) is 1. The van der Waals surface area contributed by atoms with Gasteiger partial charge in [0.05, 0.1) is 22.6 Å². The molecule has 0 unspecified atom stereocenters. The van der Waals surface area contributed by atoms with Crippen molar-refractivity contribution in [3.63, 3.8) is 0 Å². The Bertz CT molecular complexity index is 1010. The molecule has 130 valence electrons. The standard InChI is InChI=1S/C21H18N2O2S/c22-16-18-10-7-13-20(14-18)26(24,25)23-21(19-11-5-2-6-12-19)15-17-8-3-1-4-9-17/h1-14,21,23H,15H2/t21-/m1/s1. The van der Waals surface area contributed by atoms with Crippen molar-refractivity contribution in [1.29, 1.82) is 5.26 Å². The molecule has 0 fully saturated rings. The minimum Gasteiger partial charge on any atom is -0.207 e. The van der Waals surface area contributed by atoms with E-state index in [1.807, 2.05) is 66.7 Å². The van der Waals surface area contributed by atoms with E-state index in [0.29, 0.717) is 12.0 Å². The van der Waals surface area contributed by atoms with E-state index in [1.165, 1.54) is 12.1 Å². The maximum atomic E-state index is 12.9. The largest absolute Gasteiger partial charge is 0.241 e. The van der Waals surface area contributed by atoms with Crippen LogP contribution in [0.5, 0.6) is 0 Å². The van der Waals surface area contributed by atoms with Crippen molar-refractivity contribution in [3.8, 4) is 6.07 Å². The highest BCUT2D eigenvalue weighted by Gasteiger charge is 2.22. The first-order valence-electron chi connectivity index (χ1n) is 8.20. The Morgan fingerprint density at radius 2 is 1.54 bits per heavy atom. The van der Waals surface area contributed by atoms with Gasteiger partial charge in [-0.05, 0) is 35.7 Å². The van der Waals surface area contributed by atoms with Gasteiger partial charge >= 0.3 is 0 Å². The first-order valence-corrected chi connectivity index (χ1v) is 9.68. The van der Waals surface area contributed by atoms with Crippen molar-refractivity contribution in [2.75, 3.05) is 0 Å². The molecule has 5 heteroatoms. The molecule has 0 heterocycles. The molecule has 3 aromatic rings. The lowest BCUT2D eigenvalue weighted by molar-refractivity contribution is 0.555. The molecule has 0 aliphatic carbocycles. The quantitative estimate of drug-likeness (QED) is 0.725. The molecule has 0 aromatic heterocycles. The molecule has 0 spiro atoms. The van der Waals surface area contributed by atoms with E-state index in [-0.39, 0.29) is 4.90 Å². The SMILES string of the molecule is N#Cc1cccc(S(=O)(=O)N[C@H](Cc2ccccc2)c2ccccc2)c1. The van der Waals surface area contributed by atoms with Gasteiger partial charge in [0.15, 0.2) is 0 Å². The number of benzene rings is 3. The van der Waals surface area contributed by atoms with Gasteiger partial charge in [0.2, 0.25) is 10.0 Å². The van der Waals surface area contributed by atoms with E-state index in [2.05, 4.69) is 4.72 Å². The Morgan fingerprint density at radius 1 is 0.885 bits per heavy atom. The maximum Gasteiger partial charge on any atom is 0.241 e. The number of rotatable bonds is 6. The molecule has 26 heavy (non-hydrogen) atoms. The van der Waals surface area contributed by atoms with E-state index in [1.54, 1.807) is 12.1 Å². The van der Waals surface area contributed by atoms with Crippen molar-refractivity contribution < 1.29 is 8.42 Å². The Morgan fingerprint density at radius 3 is 2.19 bits per heavy atom. The van der Waals surface area contributed by atoms with Gasteiger partial charge in [0.25, 0.3) is 0 Å². The van der Waals surface area contributed by atoms with Crippen LogP contribution in [0.3, 0.4) is 0 Å². The Hall–Kier alpha value is -2.94. The summed E-state index contributed by atoms with van der Waals surface area (Å²) in [4.78, 5) is 0.0885. The molecule has 0 aliphatic rings. The van der Waals surface area contributed by atoms with Crippen molar-refractivity contribution in [1.82, 2.24) is 4.72 Å². The summed E-state index contributed by atoms with van der Waals surface area (Å²) in [6, 6.07) is 26.8. The number of hydrogen-bond acceptors (Lipinski definition) is 3. The van der Waals surface area contributed by atoms with Gasteiger partial charge in [0.1, 0.15) is 0 Å². The van der Waals surface area contributed by atoms with Gasteiger partial charge in [-0.3, -0.25) is 0 Å². The summed E-state index contributed by atoms with van der Waals surface area (Å²) in [5.74, 6) is 0. The summed E-state index contributed by atoms with van der Waals surface area (Å²) in [6.07, 6.45) is 0.530. The Labute approximate surface area is 153 Å². The summed E-state index contributed by atoms with van der Waals surface area (Å²) >= 11 is 0. The third kappa shape index (κ3) is 4.37. The van der Waals surface area contributed by atoms with Gasteiger partial charge in [-0.25, -0.2) is 13.1 Å². The number of nitrogens with zero attached hydrogens (tertiary/aromatic N) is 1. The highest BCUT2D eigenvalue weighted by Crippen LogP contribution is 2.22. The fourth-order valence-electron chi connectivity index (χ4n) is 2.75. The first kappa shape index (κ1) is 17.9. The zero-order valence-electron chi connectivity index (χ0n) is 14.0. The van der Waals surface area contributed by atoms with Gasteiger partial charge in [-0.2, -0.15) is 5.26 Å². The van der Waals surface area contributed by atoms with Crippen LogP contribution < -0.4 is 4.72 Å². The Kier molecular flexibility index (Phi) is 5.47. The maximum absolute atomic E-state index is 12.9. The van der Waals surface area contributed by atoms with Gasteiger partial charge in [-0.15, -0.1) is 0 Å². The second kappa shape index (κ2) is 7.96. The predicted molar refractivity (Wildman–Crippen MR) is 101 cm³/mol. The molecule has 3 aromatic carbocycles. The van der Waals surface area contributed by atoms with E-state index >= 15 is 0 Å². The minimum absolute atomic E-state index is 0.0885. The fraction of sp³-hybridized carbons (Fsp3) is 0.0952. The van der Waals surface area contributed by atoms with Crippen LogP contribution >= 0.6 is 0 Å². The third-order valence-electron chi connectivity index (χ3n) is 4.06. The van der Waals surface area contributed by atoms with Gasteiger partial charge in [0, 0.05) is 0 Å². The molecule has 4 nitrogen and oxygen atoms in total. The average molecular weight is 362 g/mol. The second-order valence-corrected chi connectivity index (χ2v) is 7.63. The van der Waals surface area contributed by atoms with Crippen molar-refractivity contribution in [3.05, 3.63) is 102 Å². The Balaban J connectivity index is 1.93. The summed E-state index contributed by atoms with van der Waals surface area (Å²) < 4.78 is 28.5. The summed E-state index contributed by atoms with van der Waals surface area (Å²) in [6.45, 7) is 0. The highest BCUT2D eigenvalue weighted by molar-refractivity contribution is 7.89. The zero-order chi connectivity index (χ0) is 18.4. The second-order valence-electron chi connectivity index (χ2n) is 5.91. The highest BCUT2D eigenvalue weighted by atomic mass is 32.2. The predicted octanol–water partition coefficient (Wildman–Crippen LogP) is 3.82. The van der Waals surface area contributed by atoms with Crippen molar-refractivity contribution in [2.45, 2.75) is 17.4 Å². The van der Waals surface area contributed by atoms with Gasteiger partial charge in [-0.1, -0.05) is 66.7 Å². The molecule has 0 aliphatic heterocycles. The lowest BCUT2D eigenvalue weighted by atomic mass is 10.00. The van der Waals surface area contributed by atoms with Gasteiger partial charge < -0.3 is 0 Å². The van der Waals surface area contributed by atoms with E-state index in [0.717, 1.165) is 11.1 Å². The topological polar surface area (TPSA) is 70.0 Å². The van der Waals surface area contributed by atoms with Crippen LogP contribution in [0.1, 0.15) is 22.7 Å². The van der Waals surface area contributed by atoms with Crippen LogP contribution in [0.4, 0.5) is 0 Å². The van der Waals surface area contributed by atoms with Crippen LogP contribution in [-0.2, 0) is 16.4 Å². The third-order valence-corrected chi connectivity index (χ3v) is 5.52.